The second-order valence-electron chi connectivity index (χ2n) is 2.73. The first-order chi connectivity index (χ1) is 5.00. The Morgan fingerprint density at radius 1 is 1.18 bits per heavy atom. The molecule has 0 aromatic heterocycles. The van der Waals surface area contributed by atoms with Crippen LogP contribution in [0, 0.1) is 5.82 Å². The van der Waals surface area contributed by atoms with Crippen molar-refractivity contribution in [2.45, 2.75) is 4.90 Å². The second-order valence-corrected chi connectivity index (χ2v) is 8.48. The molecule has 0 aliphatic heterocycles. The molecular weight excluding hydrogens is 179 g/mol. The van der Waals surface area contributed by atoms with Crippen molar-refractivity contribution in [2.24, 2.45) is 0 Å². The van der Waals surface area contributed by atoms with E-state index in [0.29, 0.717) is 0 Å². The third-order valence-electron chi connectivity index (χ3n) is 1.39. The zero-order valence-electron chi connectivity index (χ0n) is 6.54. The van der Waals surface area contributed by atoms with Gasteiger partial charge in [-0.3, -0.25) is 0 Å². The first-order valence-electron chi connectivity index (χ1n) is 3.21. The lowest BCUT2D eigenvalue weighted by atomic mass is 10.4. The maximum Gasteiger partial charge on any atom is 0.123 e. The lowest BCUT2D eigenvalue weighted by Gasteiger charge is -2.23. The van der Waals surface area contributed by atoms with Gasteiger partial charge in [0.15, 0.2) is 0 Å². The molecule has 0 bridgehead atoms. The van der Waals surface area contributed by atoms with E-state index in [9.17, 15) is 4.39 Å². The third-order valence-corrected chi connectivity index (χ3v) is 3.45. The molecule has 0 unspecified atom stereocenters. The molecule has 3 heteroatoms. The Hall–Kier alpha value is -0.150. The first kappa shape index (κ1) is 8.94. The summed E-state index contributed by atoms with van der Waals surface area (Å²) in [5.74, 6) is -0.189. The predicted molar refractivity (Wildman–Crippen MR) is 53.1 cm³/mol. The van der Waals surface area contributed by atoms with Gasteiger partial charge in [0, 0.05) is 0 Å². The van der Waals surface area contributed by atoms with Gasteiger partial charge in [-0.2, -0.15) is 9.06 Å². The zero-order chi connectivity index (χ0) is 8.48. The molecule has 0 aliphatic rings. The van der Waals surface area contributed by atoms with E-state index < -0.39 is 9.06 Å². The Bertz CT molecular complexity index is 235. The molecule has 1 aromatic carbocycles. The smallest absolute Gasteiger partial charge is 0.123 e. The van der Waals surface area contributed by atoms with Crippen LogP contribution in [0.3, 0.4) is 0 Å². The fourth-order valence-corrected chi connectivity index (χ4v) is 1.93. The molecule has 11 heavy (non-hydrogen) atoms. The van der Waals surface area contributed by atoms with Crippen LogP contribution in [0.25, 0.3) is 0 Å². The fourth-order valence-electron chi connectivity index (χ4n) is 0.768. The summed E-state index contributed by atoms with van der Waals surface area (Å²) >= 11 is 4.44. The predicted octanol–water partition coefficient (Wildman–Crippen LogP) is 3.09. The molecule has 0 radical (unpaired) electrons. The summed E-state index contributed by atoms with van der Waals surface area (Å²) in [5, 5.41) is 0. The van der Waals surface area contributed by atoms with Crippen molar-refractivity contribution >= 4 is 20.7 Å². The second kappa shape index (κ2) is 3.07. The summed E-state index contributed by atoms with van der Waals surface area (Å²) in [6.45, 7) is 0. The van der Waals surface area contributed by atoms with Gasteiger partial charge in [-0.05, 0) is 41.7 Å². The van der Waals surface area contributed by atoms with Gasteiger partial charge in [0.2, 0.25) is 0 Å². The van der Waals surface area contributed by atoms with Gasteiger partial charge in [0.25, 0.3) is 0 Å². The van der Waals surface area contributed by atoms with E-state index in [4.69, 9.17) is 0 Å². The van der Waals surface area contributed by atoms with E-state index in [-0.39, 0.29) is 5.82 Å². The number of hydrogen-bond donors (Lipinski definition) is 1. The molecule has 0 amide bonds. The van der Waals surface area contributed by atoms with Crippen LogP contribution in [0.4, 0.5) is 4.39 Å². The molecule has 62 valence electrons. The van der Waals surface area contributed by atoms with Crippen LogP contribution >= 0.6 is 20.7 Å². The van der Waals surface area contributed by atoms with E-state index in [0.717, 1.165) is 4.90 Å². The van der Waals surface area contributed by atoms with Crippen LogP contribution in [0.5, 0.6) is 0 Å². The summed E-state index contributed by atoms with van der Waals surface area (Å²) in [5.41, 5.74) is 0. The van der Waals surface area contributed by atoms with Gasteiger partial charge in [0.1, 0.15) is 5.82 Å². The molecule has 1 aromatic rings. The fraction of sp³-hybridized carbons (Fsp3) is 0.250. The van der Waals surface area contributed by atoms with Gasteiger partial charge in [0.05, 0.1) is 0 Å². The molecule has 0 heterocycles. The average Bonchev–Trinajstić information content (AvgIpc) is 1.86. The van der Waals surface area contributed by atoms with Crippen molar-refractivity contribution in [3.8, 4) is 0 Å². The highest BCUT2D eigenvalue weighted by atomic mass is 33.1. The van der Waals surface area contributed by atoms with Gasteiger partial charge < -0.3 is 0 Å². The van der Waals surface area contributed by atoms with Crippen LogP contribution in [0.1, 0.15) is 0 Å². The Kier molecular flexibility index (Phi) is 2.50. The van der Waals surface area contributed by atoms with Crippen LogP contribution in [0.15, 0.2) is 29.2 Å². The van der Waals surface area contributed by atoms with E-state index in [2.05, 4.69) is 24.2 Å². The van der Waals surface area contributed by atoms with Gasteiger partial charge in [-0.1, -0.05) is 0 Å². The largest absolute Gasteiger partial charge is 0.207 e. The standard InChI is InChI=1S/C8H11FS2/c1-11(2,10)8-5-3-7(9)4-6-8/h3-6,10H,1-2H3. The molecule has 0 saturated heterocycles. The summed E-state index contributed by atoms with van der Waals surface area (Å²) < 4.78 is 12.5. The Labute approximate surface area is 72.9 Å². The maximum atomic E-state index is 12.5. The minimum Gasteiger partial charge on any atom is -0.207 e. The number of rotatable bonds is 1. The Morgan fingerprint density at radius 3 is 2.00 bits per heavy atom. The zero-order valence-corrected chi connectivity index (χ0v) is 8.25. The van der Waals surface area contributed by atoms with Crippen molar-refractivity contribution in [3.05, 3.63) is 30.1 Å². The summed E-state index contributed by atoms with van der Waals surface area (Å²) in [6.07, 6.45) is 4.12. The van der Waals surface area contributed by atoms with Crippen molar-refractivity contribution in [2.75, 3.05) is 12.5 Å². The highest BCUT2D eigenvalue weighted by Crippen LogP contribution is 2.52. The normalized spacial score (nSPS) is 13.1. The first-order valence-corrected chi connectivity index (χ1v) is 6.72. The molecule has 0 atom stereocenters. The van der Waals surface area contributed by atoms with Crippen LogP contribution < -0.4 is 0 Å². The lowest BCUT2D eigenvalue weighted by molar-refractivity contribution is 0.626. The highest BCUT2D eigenvalue weighted by Gasteiger charge is 2.07. The third kappa shape index (κ3) is 2.42. The summed E-state index contributed by atoms with van der Waals surface area (Å²) in [6, 6.07) is 6.52. The van der Waals surface area contributed by atoms with Crippen molar-refractivity contribution in [3.63, 3.8) is 0 Å². The number of hydrogen-bond acceptors (Lipinski definition) is 1. The van der Waals surface area contributed by atoms with E-state index in [1.807, 2.05) is 0 Å². The molecule has 0 N–H and O–H groups in total. The molecule has 0 nitrogen and oxygen atoms in total. The monoisotopic (exact) mass is 190 g/mol. The highest BCUT2D eigenvalue weighted by molar-refractivity contribution is 8.87. The minimum atomic E-state index is -0.992. The summed E-state index contributed by atoms with van der Waals surface area (Å²) in [4.78, 5) is 1.11. The molecule has 0 aliphatic carbocycles. The quantitative estimate of drug-likeness (QED) is 0.510. The molecule has 0 saturated carbocycles. The van der Waals surface area contributed by atoms with Gasteiger partial charge >= 0.3 is 0 Å². The average molecular weight is 190 g/mol. The van der Waals surface area contributed by atoms with Crippen LogP contribution in [0.2, 0.25) is 0 Å². The van der Waals surface area contributed by atoms with E-state index in [1.54, 1.807) is 12.1 Å². The SMILES string of the molecule is CS(C)(S)c1ccc(F)cc1. The van der Waals surface area contributed by atoms with Crippen molar-refractivity contribution < 1.29 is 4.39 Å². The van der Waals surface area contributed by atoms with Gasteiger partial charge in [-0.25, -0.2) is 4.39 Å². The maximum absolute atomic E-state index is 12.5. The van der Waals surface area contributed by atoms with Gasteiger partial charge in [-0.15, -0.1) is 11.7 Å². The lowest BCUT2D eigenvalue weighted by Crippen LogP contribution is -1.86. The van der Waals surface area contributed by atoms with E-state index >= 15 is 0 Å². The molecule has 0 spiro atoms. The number of halogens is 1. The van der Waals surface area contributed by atoms with Crippen LogP contribution in [-0.4, -0.2) is 12.5 Å². The van der Waals surface area contributed by atoms with E-state index in [1.165, 1.54) is 12.1 Å². The molecular formula is C8H11FS2. The molecule has 1 rings (SSSR count). The topological polar surface area (TPSA) is 0 Å². The van der Waals surface area contributed by atoms with Crippen molar-refractivity contribution in [1.29, 1.82) is 0 Å². The minimum absolute atomic E-state index is 0.189. The summed E-state index contributed by atoms with van der Waals surface area (Å²) in [7, 11) is -0.992. The van der Waals surface area contributed by atoms with Crippen molar-refractivity contribution in [1.82, 2.24) is 0 Å². The van der Waals surface area contributed by atoms with Crippen LogP contribution in [-0.2, 0) is 0 Å². The Morgan fingerprint density at radius 2 is 1.64 bits per heavy atom. The molecule has 0 fully saturated rings. The number of thiol groups is 1. The Balaban J connectivity index is 2.99. The number of benzene rings is 1.